The fourth-order valence-corrected chi connectivity index (χ4v) is 0.806. The van der Waals surface area contributed by atoms with E-state index in [1.54, 1.807) is 5.10 Å². The Bertz CT molecular complexity index is 300. The van der Waals surface area contributed by atoms with E-state index in [0.717, 1.165) is 13.1 Å². The van der Waals surface area contributed by atoms with Gasteiger partial charge in [0.15, 0.2) is 0 Å². The first-order valence-electron chi connectivity index (χ1n) is 3.22. The molecule has 0 aliphatic carbocycles. The lowest BCUT2D eigenvalue weighted by Gasteiger charge is -2.18. The predicted molar refractivity (Wildman–Crippen MR) is 33.3 cm³/mol. The fourth-order valence-electron chi connectivity index (χ4n) is 0.806. The molecule has 74 valence electrons. The quantitative estimate of drug-likeness (QED) is 0.692. The van der Waals surface area contributed by atoms with Crippen molar-refractivity contribution in [2.45, 2.75) is 19.0 Å². The van der Waals surface area contributed by atoms with Gasteiger partial charge in [-0.05, 0) is 12.5 Å². The molecule has 0 aliphatic rings. The third-order valence-corrected chi connectivity index (χ3v) is 1.50. The number of halogens is 5. The van der Waals surface area contributed by atoms with Crippen molar-refractivity contribution >= 4 is 0 Å². The summed E-state index contributed by atoms with van der Waals surface area (Å²) >= 11 is 0. The third-order valence-electron chi connectivity index (χ3n) is 1.50. The molecule has 1 aromatic heterocycles. The lowest BCUT2D eigenvalue weighted by atomic mass is 10.1. The van der Waals surface area contributed by atoms with Crippen molar-refractivity contribution in [1.82, 2.24) is 10.2 Å². The van der Waals surface area contributed by atoms with E-state index in [1.165, 1.54) is 0 Å². The van der Waals surface area contributed by atoms with E-state index in [2.05, 4.69) is 5.10 Å². The summed E-state index contributed by atoms with van der Waals surface area (Å²) in [5, 5.41) is 4.73. The zero-order valence-electron chi connectivity index (χ0n) is 6.41. The predicted octanol–water partition coefficient (Wildman–Crippen LogP) is 2.37. The van der Waals surface area contributed by atoms with Gasteiger partial charge in [-0.25, -0.2) is 0 Å². The maximum atomic E-state index is 12.6. The Balaban J connectivity index is 3.15. The van der Waals surface area contributed by atoms with Crippen LogP contribution in [0.25, 0.3) is 0 Å². The molecule has 0 aliphatic heterocycles. The summed E-state index contributed by atoms with van der Waals surface area (Å²) in [6, 6.07) is 0. The molecule has 2 nitrogen and oxygen atoms in total. The van der Waals surface area contributed by atoms with Gasteiger partial charge in [0, 0.05) is 0 Å². The number of alkyl halides is 5. The summed E-state index contributed by atoms with van der Waals surface area (Å²) < 4.78 is 60.5. The number of nitrogens with one attached hydrogen (secondary N) is 1. The van der Waals surface area contributed by atoms with Crippen LogP contribution in [0.1, 0.15) is 11.3 Å². The van der Waals surface area contributed by atoms with Gasteiger partial charge in [0.2, 0.25) is 0 Å². The highest BCUT2D eigenvalue weighted by Crippen LogP contribution is 2.43. The SMILES string of the molecule is Cc1cn[nH]c1C(F)(F)C(F)(F)F. The first-order valence-corrected chi connectivity index (χ1v) is 3.22. The molecule has 0 aromatic carbocycles. The van der Waals surface area contributed by atoms with E-state index in [1.807, 2.05) is 0 Å². The molecule has 0 fully saturated rings. The van der Waals surface area contributed by atoms with Gasteiger partial charge in [0.25, 0.3) is 0 Å². The first-order chi connectivity index (χ1) is 5.77. The number of hydrogen-bond acceptors (Lipinski definition) is 1. The highest BCUT2D eigenvalue weighted by Gasteiger charge is 2.60. The largest absolute Gasteiger partial charge is 0.459 e. The molecule has 1 aromatic rings. The summed E-state index contributed by atoms with van der Waals surface area (Å²) in [5.41, 5.74) is -1.43. The van der Waals surface area contributed by atoms with Crippen LogP contribution in [0.2, 0.25) is 0 Å². The van der Waals surface area contributed by atoms with Crippen LogP contribution in [0, 0.1) is 6.92 Å². The van der Waals surface area contributed by atoms with E-state index in [4.69, 9.17) is 0 Å². The average Bonchev–Trinajstić information content (AvgIpc) is 2.32. The van der Waals surface area contributed by atoms with Gasteiger partial charge in [0.05, 0.1) is 6.20 Å². The Morgan fingerprint density at radius 1 is 1.23 bits per heavy atom. The maximum Gasteiger partial charge on any atom is 0.459 e. The molecule has 1 N–H and O–H groups in total. The standard InChI is InChI=1S/C6H5F5N2/c1-3-2-12-13-4(3)5(7,8)6(9,10)11/h2H,1H3,(H,12,13). The van der Waals surface area contributed by atoms with Crippen LogP contribution in [0.3, 0.4) is 0 Å². The van der Waals surface area contributed by atoms with Crippen LogP contribution in [-0.4, -0.2) is 16.4 Å². The van der Waals surface area contributed by atoms with Crippen molar-refractivity contribution in [2.24, 2.45) is 0 Å². The smallest absolute Gasteiger partial charge is 0.276 e. The zero-order chi connectivity index (χ0) is 10.3. The van der Waals surface area contributed by atoms with Crippen molar-refractivity contribution < 1.29 is 22.0 Å². The van der Waals surface area contributed by atoms with Crippen molar-refractivity contribution in [3.05, 3.63) is 17.5 Å². The van der Waals surface area contributed by atoms with Crippen molar-refractivity contribution in [2.75, 3.05) is 0 Å². The average molecular weight is 200 g/mol. The van der Waals surface area contributed by atoms with Crippen molar-refractivity contribution in [3.63, 3.8) is 0 Å². The molecule has 0 amide bonds. The van der Waals surface area contributed by atoms with Crippen molar-refractivity contribution in [3.8, 4) is 0 Å². The minimum atomic E-state index is -5.59. The summed E-state index contributed by atoms with van der Waals surface area (Å²) in [6.45, 7) is 1.12. The molecule has 0 bridgehead atoms. The van der Waals surface area contributed by atoms with Gasteiger partial charge in [-0.2, -0.15) is 27.1 Å². The zero-order valence-corrected chi connectivity index (χ0v) is 6.41. The van der Waals surface area contributed by atoms with Crippen LogP contribution in [-0.2, 0) is 5.92 Å². The maximum absolute atomic E-state index is 12.6. The Kier molecular flexibility index (Phi) is 2.05. The summed E-state index contributed by atoms with van der Waals surface area (Å²) in [5.74, 6) is -4.87. The Morgan fingerprint density at radius 3 is 2.08 bits per heavy atom. The van der Waals surface area contributed by atoms with Crippen molar-refractivity contribution in [1.29, 1.82) is 0 Å². The molecule has 0 radical (unpaired) electrons. The van der Waals surface area contributed by atoms with Gasteiger partial charge < -0.3 is 0 Å². The topological polar surface area (TPSA) is 28.7 Å². The normalized spacial score (nSPS) is 13.4. The number of H-pyrrole nitrogens is 1. The van der Waals surface area contributed by atoms with Gasteiger partial charge in [-0.15, -0.1) is 0 Å². The molecule has 7 heteroatoms. The molecule has 1 heterocycles. The molecule has 13 heavy (non-hydrogen) atoms. The molecule has 1 rings (SSSR count). The fraction of sp³-hybridized carbons (Fsp3) is 0.500. The second kappa shape index (κ2) is 2.68. The number of aromatic amines is 1. The monoisotopic (exact) mass is 200 g/mol. The third kappa shape index (κ3) is 1.50. The first kappa shape index (κ1) is 9.94. The summed E-state index contributed by atoms with van der Waals surface area (Å²) in [6.07, 6.45) is -4.68. The van der Waals surface area contributed by atoms with Crippen LogP contribution in [0.4, 0.5) is 22.0 Å². The highest BCUT2D eigenvalue weighted by atomic mass is 19.4. The molecular formula is C6H5F5N2. The van der Waals surface area contributed by atoms with Crippen LogP contribution in [0.15, 0.2) is 6.20 Å². The van der Waals surface area contributed by atoms with Crippen LogP contribution >= 0.6 is 0 Å². The van der Waals surface area contributed by atoms with E-state index >= 15 is 0 Å². The van der Waals surface area contributed by atoms with E-state index in [-0.39, 0.29) is 5.56 Å². The number of rotatable bonds is 1. The van der Waals surface area contributed by atoms with Gasteiger partial charge in [0.1, 0.15) is 5.69 Å². The lowest BCUT2D eigenvalue weighted by Crippen LogP contribution is -2.34. The summed E-state index contributed by atoms with van der Waals surface area (Å²) in [7, 11) is 0. The number of nitrogens with zero attached hydrogens (tertiary/aromatic N) is 1. The Morgan fingerprint density at radius 2 is 1.77 bits per heavy atom. The van der Waals surface area contributed by atoms with E-state index in [0.29, 0.717) is 0 Å². The number of aryl methyl sites for hydroxylation is 1. The van der Waals surface area contributed by atoms with E-state index in [9.17, 15) is 22.0 Å². The number of hydrogen-bond donors (Lipinski definition) is 1. The lowest BCUT2D eigenvalue weighted by molar-refractivity contribution is -0.291. The Labute approximate surface area is 69.8 Å². The summed E-state index contributed by atoms with van der Waals surface area (Å²) in [4.78, 5) is 0. The molecule has 0 saturated carbocycles. The van der Waals surface area contributed by atoms with Gasteiger partial charge in [-0.3, -0.25) is 5.10 Å². The minimum absolute atomic E-state index is 0.220. The highest BCUT2D eigenvalue weighted by molar-refractivity contribution is 5.20. The second-order valence-corrected chi connectivity index (χ2v) is 2.50. The second-order valence-electron chi connectivity index (χ2n) is 2.50. The van der Waals surface area contributed by atoms with Crippen LogP contribution < -0.4 is 0 Å². The molecule has 0 spiro atoms. The van der Waals surface area contributed by atoms with Gasteiger partial charge in [-0.1, -0.05) is 0 Å². The van der Waals surface area contributed by atoms with Gasteiger partial charge >= 0.3 is 12.1 Å². The molecular weight excluding hydrogens is 195 g/mol. The Hall–Kier alpha value is -1.14. The molecule has 0 unspecified atom stereocenters. The number of aromatic nitrogens is 2. The van der Waals surface area contributed by atoms with Crippen LogP contribution in [0.5, 0.6) is 0 Å². The molecule has 0 atom stereocenters. The minimum Gasteiger partial charge on any atom is -0.276 e. The van der Waals surface area contributed by atoms with E-state index < -0.39 is 17.8 Å². The molecule has 0 saturated heterocycles.